The fraction of sp³-hybridized carbons (Fsp3) is 0.909. The average molecular weight is 412 g/mol. The Balaban J connectivity index is 2.61. The first-order chi connectivity index (χ1) is 13.5. The van der Waals surface area contributed by atoms with Crippen LogP contribution in [0.25, 0.3) is 0 Å². The third kappa shape index (κ3) is 11.3. The van der Waals surface area contributed by atoms with Gasteiger partial charge in [0.2, 0.25) is 0 Å². The van der Waals surface area contributed by atoms with Gasteiger partial charge in [0, 0.05) is 32.2 Å². The van der Waals surface area contributed by atoms with Crippen molar-refractivity contribution < 1.29 is 9.53 Å². The highest BCUT2D eigenvalue weighted by atomic mass is 16.6. The van der Waals surface area contributed by atoms with Crippen molar-refractivity contribution in [3.8, 4) is 0 Å². The van der Waals surface area contributed by atoms with Crippen LogP contribution in [0.5, 0.6) is 0 Å². The molecule has 7 heteroatoms. The maximum absolute atomic E-state index is 12.2. The van der Waals surface area contributed by atoms with E-state index in [0.29, 0.717) is 18.5 Å². The van der Waals surface area contributed by atoms with Crippen molar-refractivity contribution in [2.45, 2.75) is 85.9 Å². The van der Waals surface area contributed by atoms with Crippen LogP contribution in [0.3, 0.4) is 0 Å². The minimum Gasteiger partial charge on any atom is -0.444 e. The summed E-state index contributed by atoms with van der Waals surface area (Å²) in [6, 6.07) is 0.362. The predicted octanol–water partition coefficient (Wildman–Crippen LogP) is 3.21. The van der Waals surface area contributed by atoms with Gasteiger partial charge in [-0.1, -0.05) is 27.7 Å². The molecule has 1 atom stereocenters. The molecule has 1 unspecified atom stereocenters. The van der Waals surface area contributed by atoms with E-state index in [1.807, 2.05) is 20.8 Å². The lowest BCUT2D eigenvalue weighted by Gasteiger charge is -2.34. The smallest absolute Gasteiger partial charge is 0.407 e. The predicted molar refractivity (Wildman–Crippen MR) is 121 cm³/mol. The summed E-state index contributed by atoms with van der Waals surface area (Å²) in [4.78, 5) is 19.5. The fourth-order valence-electron chi connectivity index (χ4n) is 3.36. The topological polar surface area (TPSA) is 78.0 Å². The van der Waals surface area contributed by atoms with Crippen LogP contribution in [-0.2, 0) is 4.74 Å². The van der Waals surface area contributed by atoms with Gasteiger partial charge in [-0.25, -0.2) is 4.79 Å². The van der Waals surface area contributed by atoms with Crippen LogP contribution in [-0.4, -0.2) is 67.4 Å². The molecule has 3 N–H and O–H groups in total. The molecule has 0 spiro atoms. The number of ether oxygens (including phenoxy) is 1. The van der Waals surface area contributed by atoms with Gasteiger partial charge in [-0.15, -0.1) is 0 Å². The van der Waals surface area contributed by atoms with Crippen molar-refractivity contribution in [3.05, 3.63) is 0 Å². The molecule has 0 bridgehead atoms. The minimum absolute atomic E-state index is 0.0757. The number of carbonyl (C=O) groups is 1. The Kier molecular flexibility index (Phi) is 10.8. The Morgan fingerprint density at radius 2 is 1.79 bits per heavy atom. The molecule has 29 heavy (non-hydrogen) atoms. The first-order valence-corrected chi connectivity index (χ1v) is 11.3. The van der Waals surface area contributed by atoms with E-state index in [1.165, 1.54) is 6.54 Å². The molecule has 7 nitrogen and oxygen atoms in total. The third-order valence-electron chi connectivity index (χ3n) is 4.85. The third-order valence-corrected chi connectivity index (χ3v) is 4.85. The number of hydrogen-bond acceptors (Lipinski definition) is 4. The van der Waals surface area contributed by atoms with Gasteiger partial charge in [0.25, 0.3) is 0 Å². The summed E-state index contributed by atoms with van der Waals surface area (Å²) >= 11 is 0. The number of amides is 1. The molecule has 0 aromatic carbocycles. The van der Waals surface area contributed by atoms with Gasteiger partial charge in [0.15, 0.2) is 5.96 Å². The van der Waals surface area contributed by atoms with Crippen molar-refractivity contribution in [1.29, 1.82) is 0 Å². The highest BCUT2D eigenvalue weighted by Gasteiger charge is 2.23. The molecule has 1 fully saturated rings. The van der Waals surface area contributed by atoms with Gasteiger partial charge < -0.3 is 25.6 Å². The van der Waals surface area contributed by atoms with E-state index in [9.17, 15) is 4.79 Å². The number of alkyl carbamates (subject to hydrolysis) is 1. The van der Waals surface area contributed by atoms with Gasteiger partial charge in [-0.2, -0.15) is 0 Å². The Bertz CT molecular complexity index is 506. The van der Waals surface area contributed by atoms with Crippen molar-refractivity contribution >= 4 is 12.1 Å². The number of nitrogens with one attached hydrogen (secondary N) is 3. The summed E-state index contributed by atoms with van der Waals surface area (Å²) in [6.45, 7) is 21.2. The molecule has 1 aliphatic rings. The van der Waals surface area contributed by atoms with Crippen LogP contribution in [0.1, 0.15) is 68.2 Å². The summed E-state index contributed by atoms with van der Waals surface area (Å²) in [5, 5.41) is 9.89. The molecule has 1 heterocycles. The zero-order valence-electron chi connectivity index (χ0n) is 20.0. The van der Waals surface area contributed by atoms with Crippen LogP contribution < -0.4 is 16.0 Å². The number of hydrogen-bond donors (Lipinski definition) is 3. The molecule has 0 radical (unpaired) electrons. The lowest BCUT2D eigenvalue weighted by molar-refractivity contribution is 0.0493. The highest BCUT2D eigenvalue weighted by molar-refractivity contribution is 5.80. The van der Waals surface area contributed by atoms with Gasteiger partial charge >= 0.3 is 6.09 Å². The van der Waals surface area contributed by atoms with Crippen LogP contribution in [0.4, 0.5) is 4.79 Å². The Hall–Kier alpha value is -1.50. The number of rotatable bonds is 8. The molecular formula is C22H45N5O2. The zero-order valence-corrected chi connectivity index (χ0v) is 20.0. The number of carbonyl (C=O) groups excluding carboxylic acids is 1. The van der Waals surface area contributed by atoms with Crippen LogP contribution in [0.15, 0.2) is 4.99 Å². The summed E-state index contributed by atoms with van der Waals surface area (Å²) < 4.78 is 5.40. The van der Waals surface area contributed by atoms with E-state index < -0.39 is 5.60 Å². The minimum atomic E-state index is -0.504. The Morgan fingerprint density at radius 1 is 1.17 bits per heavy atom. The lowest BCUT2D eigenvalue weighted by Crippen LogP contribution is -2.50. The molecule has 1 aliphatic heterocycles. The van der Waals surface area contributed by atoms with Gasteiger partial charge in [-0.05, 0) is 52.4 Å². The quantitative estimate of drug-likeness (QED) is 0.422. The second kappa shape index (κ2) is 12.3. The summed E-state index contributed by atoms with van der Waals surface area (Å²) in [6.07, 6.45) is 1.86. The van der Waals surface area contributed by atoms with E-state index in [-0.39, 0.29) is 18.1 Å². The largest absolute Gasteiger partial charge is 0.444 e. The summed E-state index contributed by atoms with van der Waals surface area (Å²) in [5.41, 5.74) is -0.504. The lowest BCUT2D eigenvalue weighted by atomic mass is 10.0. The van der Waals surface area contributed by atoms with Gasteiger partial charge in [0.05, 0.1) is 12.6 Å². The molecule has 0 aliphatic carbocycles. The van der Waals surface area contributed by atoms with E-state index in [4.69, 9.17) is 9.73 Å². The SMILES string of the molecule is CCNC(=NCC(NC(=O)OC(C)(C)C)C(C)C)NC1CCN(CC(C)C)CC1. The van der Waals surface area contributed by atoms with Crippen LogP contribution in [0.2, 0.25) is 0 Å². The molecule has 0 aromatic heterocycles. The number of nitrogens with zero attached hydrogens (tertiary/aromatic N) is 2. The van der Waals surface area contributed by atoms with Crippen molar-refractivity contribution in [1.82, 2.24) is 20.9 Å². The van der Waals surface area contributed by atoms with E-state index >= 15 is 0 Å². The molecule has 170 valence electrons. The molecule has 0 aromatic rings. The monoisotopic (exact) mass is 411 g/mol. The van der Waals surface area contributed by atoms with Gasteiger partial charge in [0.1, 0.15) is 5.60 Å². The number of piperidine rings is 1. The number of aliphatic imine (C=N–C) groups is 1. The normalized spacial score (nSPS) is 18.1. The standard InChI is InChI=1S/C22H45N5O2/c1-9-23-20(25-18-10-12-27(13-11-18)15-16(2)3)24-14-19(17(4)5)26-21(28)29-22(6,7)8/h16-19H,9-15H2,1-8H3,(H,26,28)(H2,23,24,25). The Labute approximate surface area is 178 Å². The van der Waals surface area contributed by atoms with E-state index in [2.05, 4.69) is 55.5 Å². The molecule has 1 amide bonds. The van der Waals surface area contributed by atoms with Crippen LogP contribution >= 0.6 is 0 Å². The highest BCUT2D eigenvalue weighted by Crippen LogP contribution is 2.12. The molecule has 1 saturated heterocycles. The second-order valence-corrected chi connectivity index (χ2v) is 9.83. The number of likely N-dealkylation sites (tertiary alicyclic amines) is 1. The fourth-order valence-corrected chi connectivity index (χ4v) is 3.36. The number of guanidine groups is 1. The second-order valence-electron chi connectivity index (χ2n) is 9.83. The van der Waals surface area contributed by atoms with E-state index in [1.54, 1.807) is 0 Å². The molecule has 0 saturated carbocycles. The van der Waals surface area contributed by atoms with Gasteiger partial charge in [-0.3, -0.25) is 4.99 Å². The molecule has 1 rings (SSSR count). The van der Waals surface area contributed by atoms with E-state index in [0.717, 1.165) is 38.4 Å². The van der Waals surface area contributed by atoms with Crippen molar-refractivity contribution in [2.24, 2.45) is 16.8 Å². The van der Waals surface area contributed by atoms with Crippen molar-refractivity contribution in [2.75, 3.05) is 32.7 Å². The van der Waals surface area contributed by atoms with Crippen molar-refractivity contribution in [3.63, 3.8) is 0 Å². The average Bonchev–Trinajstić information content (AvgIpc) is 2.58. The maximum Gasteiger partial charge on any atom is 0.407 e. The maximum atomic E-state index is 12.2. The van der Waals surface area contributed by atoms with Crippen LogP contribution in [0, 0.1) is 11.8 Å². The summed E-state index contributed by atoms with van der Waals surface area (Å²) in [5.74, 6) is 1.80. The Morgan fingerprint density at radius 3 is 2.28 bits per heavy atom. The molecular weight excluding hydrogens is 366 g/mol. The first kappa shape index (κ1) is 25.5. The zero-order chi connectivity index (χ0) is 22.0. The summed E-state index contributed by atoms with van der Waals surface area (Å²) in [7, 11) is 0. The first-order valence-electron chi connectivity index (χ1n) is 11.3.